The molecule has 2 aromatic rings. The molecule has 0 bridgehead atoms. The summed E-state index contributed by atoms with van der Waals surface area (Å²) in [6, 6.07) is 11.9. The van der Waals surface area contributed by atoms with E-state index in [4.69, 9.17) is 5.11 Å². The largest absolute Gasteiger partial charge is 0.481 e. The van der Waals surface area contributed by atoms with Gasteiger partial charge in [0.15, 0.2) is 0 Å². The number of carboxylic acids is 1. The van der Waals surface area contributed by atoms with Crippen molar-refractivity contribution in [2.75, 3.05) is 6.54 Å². The highest BCUT2D eigenvalue weighted by Crippen LogP contribution is 2.36. The van der Waals surface area contributed by atoms with Crippen LogP contribution in [-0.4, -0.2) is 36.4 Å². The van der Waals surface area contributed by atoms with Crippen molar-refractivity contribution in [3.8, 4) is 0 Å². The molecular formula is C20H22FNO4S. The van der Waals surface area contributed by atoms with Crippen molar-refractivity contribution in [3.05, 3.63) is 65.5 Å². The molecule has 1 heterocycles. The summed E-state index contributed by atoms with van der Waals surface area (Å²) in [5.74, 6) is -1.40. The minimum absolute atomic E-state index is 0.0253. The number of piperidine rings is 1. The molecule has 1 N–H and O–H groups in total. The van der Waals surface area contributed by atoms with Crippen LogP contribution in [0.2, 0.25) is 0 Å². The molecule has 2 unspecified atom stereocenters. The normalized spacial score (nSPS) is 21.1. The summed E-state index contributed by atoms with van der Waals surface area (Å²) in [4.78, 5) is 11.1. The van der Waals surface area contributed by atoms with Crippen LogP contribution in [0.25, 0.3) is 0 Å². The van der Waals surface area contributed by atoms with Crippen LogP contribution in [0.3, 0.4) is 0 Å². The van der Waals surface area contributed by atoms with E-state index in [0.717, 1.165) is 24.1 Å². The summed E-state index contributed by atoms with van der Waals surface area (Å²) in [5.41, 5.74) is 1.64. The van der Waals surface area contributed by atoms with Gasteiger partial charge in [0.1, 0.15) is 5.82 Å². The summed E-state index contributed by atoms with van der Waals surface area (Å²) in [6.45, 7) is 2.28. The summed E-state index contributed by atoms with van der Waals surface area (Å²) >= 11 is 0. The van der Waals surface area contributed by atoms with Crippen LogP contribution in [-0.2, 0) is 21.2 Å². The lowest BCUT2D eigenvalue weighted by molar-refractivity contribution is -0.136. The fourth-order valence-corrected chi connectivity index (χ4v) is 5.45. The molecule has 1 aliphatic rings. The lowest BCUT2D eigenvalue weighted by Gasteiger charge is -2.38. The van der Waals surface area contributed by atoms with E-state index >= 15 is 0 Å². The molecule has 1 aliphatic heterocycles. The van der Waals surface area contributed by atoms with Gasteiger partial charge in [-0.1, -0.05) is 24.3 Å². The van der Waals surface area contributed by atoms with Crippen molar-refractivity contribution < 1.29 is 22.7 Å². The van der Waals surface area contributed by atoms with Gasteiger partial charge in [0, 0.05) is 18.5 Å². The van der Waals surface area contributed by atoms with E-state index in [9.17, 15) is 17.6 Å². The zero-order chi connectivity index (χ0) is 19.6. The van der Waals surface area contributed by atoms with E-state index < -0.39 is 21.8 Å². The number of carboxylic acid groups (broad SMARTS) is 1. The minimum atomic E-state index is -3.73. The zero-order valence-corrected chi connectivity index (χ0v) is 15.8. The molecule has 0 saturated carbocycles. The topological polar surface area (TPSA) is 74.7 Å². The van der Waals surface area contributed by atoms with Crippen molar-refractivity contribution in [1.82, 2.24) is 4.31 Å². The average molecular weight is 391 g/mol. The molecule has 3 rings (SSSR count). The molecule has 27 heavy (non-hydrogen) atoms. The maximum absolute atomic E-state index is 13.2. The number of benzene rings is 2. The number of rotatable bonds is 5. The highest BCUT2D eigenvalue weighted by molar-refractivity contribution is 7.89. The summed E-state index contributed by atoms with van der Waals surface area (Å²) < 4.78 is 40.7. The first-order valence-corrected chi connectivity index (χ1v) is 10.3. The van der Waals surface area contributed by atoms with Crippen molar-refractivity contribution in [2.45, 2.75) is 43.0 Å². The molecule has 5 nitrogen and oxygen atoms in total. The SMILES string of the molecule is CC1C(c2cccc(CC(=O)O)c2)CCCN1S(=O)(=O)c1ccc(F)cc1. The van der Waals surface area contributed by atoms with Gasteiger partial charge in [0.05, 0.1) is 11.3 Å². The lowest BCUT2D eigenvalue weighted by Crippen LogP contribution is -2.45. The third kappa shape index (κ3) is 4.20. The molecule has 144 valence electrons. The van der Waals surface area contributed by atoms with Gasteiger partial charge in [0.2, 0.25) is 10.0 Å². The molecular weight excluding hydrogens is 369 g/mol. The summed E-state index contributed by atoms with van der Waals surface area (Å²) in [6.07, 6.45) is 1.47. The monoisotopic (exact) mass is 391 g/mol. The van der Waals surface area contributed by atoms with Gasteiger partial charge in [0.25, 0.3) is 0 Å². The highest BCUT2D eigenvalue weighted by atomic mass is 32.2. The number of hydrogen-bond donors (Lipinski definition) is 1. The molecule has 2 aromatic carbocycles. The first kappa shape index (κ1) is 19.5. The van der Waals surface area contributed by atoms with Gasteiger partial charge < -0.3 is 5.11 Å². The van der Waals surface area contributed by atoms with Gasteiger partial charge in [-0.3, -0.25) is 4.79 Å². The van der Waals surface area contributed by atoms with Gasteiger partial charge >= 0.3 is 5.97 Å². The van der Waals surface area contributed by atoms with Gasteiger partial charge in [-0.2, -0.15) is 4.31 Å². The molecule has 0 radical (unpaired) electrons. The molecule has 7 heteroatoms. The van der Waals surface area contributed by atoms with Crippen LogP contribution in [0.4, 0.5) is 4.39 Å². The smallest absolute Gasteiger partial charge is 0.307 e. The fraction of sp³-hybridized carbons (Fsp3) is 0.350. The third-order valence-corrected chi connectivity index (χ3v) is 7.09. The first-order chi connectivity index (χ1) is 12.8. The molecule has 0 amide bonds. The maximum Gasteiger partial charge on any atom is 0.307 e. The van der Waals surface area contributed by atoms with Crippen LogP contribution in [0, 0.1) is 5.82 Å². The van der Waals surface area contributed by atoms with Gasteiger partial charge in [-0.15, -0.1) is 0 Å². The number of hydrogen-bond acceptors (Lipinski definition) is 3. The summed E-state index contributed by atoms with van der Waals surface area (Å²) in [7, 11) is -3.73. The Bertz CT molecular complexity index is 927. The Kier molecular flexibility index (Phi) is 5.62. The second kappa shape index (κ2) is 7.78. The number of sulfonamides is 1. The molecule has 1 saturated heterocycles. The van der Waals surface area contributed by atoms with Gasteiger partial charge in [-0.05, 0) is 55.2 Å². The third-order valence-electron chi connectivity index (χ3n) is 5.08. The second-order valence-electron chi connectivity index (χ2n) is 6.87. The van der Waals surface area contributed by atoms with Crippen molar-refractivity contribution in [1.29, 1.82) is 0 Å². The number of carbonyl (C=O) groups is 1. The Morgan fingerprint density at radius 3 is 2.59 bits per heavy atom. The molecule has 0 spiro atoms. The number of aliphatic carboxylic acids is 1. The van der Waals surface area contributed by atoms with Crippen molar-refractivity contribution >= 4 is 16.0 Å². The van der Waals surface area contributed by atoms with E-state index in [1.165, 1.54) is 16.4 Å². The summed E-state index contributed by atoms with van der Waals surface area (Å²) in [5, 5.41) is 9.00. The highest BCUT2D eigenvalue weighted by Gasteiger charge is 2.37. The quantitative estimate of drug-likeness (QED) is 0.848. The second-order valence-corrected chi connectivity index (χ2v) is 8.77. The van der Waals surface area contributed by atoms with Crippen LogP contribution < -0.4 is 0 Å². The fourth-order valence-electron chi connectivity index (χ4n) is 3.75. The van der Waals surface area contributed by atoms with Gasteiger partial charge in [-0.25, -0.2) is 12.8 Å². The predicted octanol–water partition coefficient (Wildman–Crippen LogP) is 3.41. The van der Waals surface area contributed by atoms with Crippen LogP contribution in [0.1, 0.15) is 36.8 Å². The predicted molar refractivity (Wildman–Crippen MR) is 99.5 cm³/mol. The lowest BCUT2D eigenvalue weighted by atomic mass is 9.85. The van der Waals surface area contributed by atoms with Crippen LogP contribution in [0.15, 0.2) is 53.4 Å². The maximum atomic E-state index is 13.2. The number of halogens is 1. The standard InChI is InChI=1S/C20H22FNO4S/c1-14-19(16-5-2-4-15(12-16)13-20(23)24)6-3-11-22(14)27(25,26)18-9-7-17(21)8-10-18/h2,4-5,7-10,12,14,19H,3,6,11,13H2,1H3,(H,23,24). The van der Waals surface area contributed by atoms with Crippen molar-refractivity contribution in [2.24, 2.45) is 0 Å². The number of nitrogens with zero attached hydrogens (tertiary/aromatic N) is 1. The van der Waals surface area contributed by atoms with E-state index in [1.54, 1.807) is 6.07 Å². The molecule has 1 fully saturated rings. The van der Waals surface area contributed by atoms with E-state index in [1.807, 2.05) is 25.1 Å². The zero-order valence-electron chi connectivity index (χ0n) is 15.0. The van der Waals surface area contributed by atoms with Crippen molar-refractivity contribution in [3.63, 3.8) is 0 Å². The van der Waals surface area contributed by atoms with E-state index in [2.05, 4.69) is 0 Å². The first-order valence-electron chi connectivity index (χ1n) is 8.87. The van der Waals surface area contributed by atoms with E-state index in [-0.39, 0.29) is 23.3 Å². The Hall–Kier alpha value is -2.25. The Morgan fingerprint density at radius 2 is 1.93 bits per heavy atom. The molecule has 2 atom stereocenters. The Balaban J connectivity index is 1.88. The minimum Gasteiger partial charge on any atom is -0.481 e. The van der Waals surface area contributed by atoms with Crippen LogP contribution >= 0.6 is 0 Å². The molecule has 0 aromatic heterocycles. The average Bonchev–Trinajstić information content (AvgIpc) is 2.62. The Morgan fingerprint density at radius 1 is 1.22 bits per heavy atom. The van der Waals surface area contributed by atoms with E-state index in [0.29, 0.717) is 18.5 Å². The Labute approximate surface area is 158 Å². The van der Waals surface area contributed by atoms with Crippen LogP contribution in [0.5, 0.6) is 0 Å². The molecule has 0 aliphatic carbocycles.